The topological polar surface area (TPSA) is 81.2 Å². The van der Waals surface area contributed by atoms with E-state index in [2.05, 4.69) is 4.98 Å². The summed E-state index contributed by atoms with van der Waals surface area (Å²) in [6.45, 7) is 0.0653. The summed E-state index contributed by atoms with van der Waals surface area (Å²) in [5.74, 6) is -1.26. The van der Waals surface area contributed by atoms with Gasteiger partial charge in [-0.2, -0.15) is 0 Å². The molecule has 1 aromatic carbocycles. The van der Waals surface area contributed by atoms with E-state index in [0.29, 0.717) is 5.69 Å². The van der Waals surface area contributed by atoms with Crippen LogP contribution in [0.3, 0.4) is 0 Å². The number of pyridine rings is 1. The summed E-state index contributed by atoms with van der Waals surface area (Å²) in [7, 11) is 6.39. The van der Waals surface area contributed by atoms with Crippen LogP contribution in [0.2, 0.25) is 0 Å². The Hall–Kier alpha value is -3.13. The Morgan fingerprint density at radius 2 is 1.89 bits per heavy atom. The largest absolute Gasteiger partial charge is 0.466 e. The molecule has 0 N–H and O–H groups in total. The molecule has 2 aromatic rings. The quantitative estimate of drug-likeness (QED) is 0.751. The van der Waals surface area contributed by atoms with Gasteiger partial charge in [0, 0.05) is 25.7 Å². The molecule has 0 radical (unpaired) electrons. The summed E-state index contributed by atoms with van der Waals surface area (Å²) in [6, 6.07) is 7.50. The second-order valence-electron chi connectivity index (χ2n) is 6.11. The molecule has 2 heterocycles. The highest BCUT2D eigenvalue weighted by Crippen LogP contribution is 2.35. The number of nitrogens with zero attached hydrogens (tertiary/aromatic N) is 3. The van der Waals surface area contributed by atoms with Crippen molar-refractivity contribution in [2.45, 2.75) is 0 Å². The lowest BCUT2D eigenvalue weighted by Crippen LogP contribution is -2.39. The van der Waals surface area contributed by atoms with Gasteiger partial charge in [-0.1, -0.05) is 0 Å². The first-order valence-corrected chi connectivity index (χ1v) is 8.29. The van der Waals surface area contributed by atoms with Gasteiger partial charge in [0.2, 0.25) is 0 Å². The highest BCUT2D eigenvalue weighted by atomic mass is 16.5. The van der Waals surface area contributed by atoms with Crippen LogP contribution in [0.1, 0.15) is 0 Å². The van der Waals surface area contributed by atoms with Crippen molar-refractivity contribution in [3.05, 3.63) is 41.7 Å². The molecule has 0 aliphatic carbocycles. The van der Waals surface area contributed by atoms with Crippen molar-refractivity contribution >= 4 is 34.2 Å². The van der Waals surface area contributed by atoms with Crippen LogP contribution in [0.5, 0.6) is 0 Å². The molecule has 0 fully saturated rings. The summed E-state index contributed by atoms with van der Waals surface area (Å²) in [5.41, 5.74) is 2.62. The van der Waals surface area contributed by atoms with Crippen molar-refractivity contribution in [2.24, 2.45) is 0 Å². The maximum Gasteiger partial charge on any atom is 0.355 e. The minimum absolute atomic E-state index is 0.0282. The predicted molar refractivity (Wildman–Crippen MR) is 100 cm³/mol. The number of aromatic nitrogens is 1. The fourth-order valence-corrected chi connectivity index (χ4v) is 3.07. The van der Waals surface area contributed by atoms with Crippen LogP contribution in [0.4, 0.5) is 11.4 Å². The average Bonchev–Trinajstić information content (AvgIpc) is 2.71. The minimum Gasteiger partial charge on any atom is -0.466 e. The van der Waals surface area contributed by atoms with E-state index in [9.17, 15) is 9.59 Å². The molecule has 0 spiro atoms. The van der Waals surface area contributed by atoms with Crippen LogP contribution in [0, 0.1) is 0 Å². The first-order valence-electron chi connectivity index (χ1n) is 8.29. The minimum atomic E-state index is -0.632. The first-order chi connectivity index (χ1) is 13.0. The Labute approximate surface area is 156 Å². The van der Waals surface area contributed by atoms with Crippen molar-refractivity contribution < 1.29 is 23.8 Å². The molecule has 8 nitrogen and oxygen atoms in total. The third-order valence-corrected chi connectivity index (χ3v) is 4.33. The van der Waals surface area contributed by atoms with Crippen LogP contribution in [-0.4, -0.2) is 58.6 Å². The van der Waals surface area contributed by atoms with Gasteiger partial charge in [-0.25, -0.2) is 9.59 Å². The zero-order valence-electron chi connectivity index (χ0n) is 15.7. The SMILES string of the molecule is COC(=O)C1=C(C(=O)OC)N(c2ccc(N(C)C)c3ncccc23)COC1. The smallest absolute Gasteiger partial charge is 0.355 e. The maximum atomic E-state index is 12.5. The Morgan fingerprint density at radius 3 is 2.56 bits per heavy atom. The summed E-state index contributed by atoms with van der Waals surface area (Å²) in [5, 5.41) is 0.819. The maximum absolute atomic E-state index is 12.5. The van der Waals surface area contributed by atoms with Crippen LogP contribution in [0.15, 0.2) is 41.7 Å². The second kappa shape index (κ2) is 7.63. The molecule has 0 atom stereocenters. The molecule has 0 amide bonds. The highest BCUT2D eigenvalue weighted by Gasteiger charge is 2.33. The Balaban J connectivity index is 2.24. The lowest BCUT2D eigenvalue weighted by molar-refractivity contribution is -0.140. The molecule has 8 heteroatoms. The standard InChI is InChI=1S/C19H21N3O5/c1-21(2)15-8-7-14(12-6-5-9-20-16(12)15)22-11-27-10-13(18(23)25-3)17(22)19(24)26-4/h5-9H,10-11H2,1-4H3. The van der Waals surface area contributed by atoms with Gasteiger partial charge in [-0.15, -0.1) is 0 Å². The van der Waals surface area contributed by atoms with E-state index >= 15 is 0 Å². The fraction of sp³-hybridized carbons (Fsp3) is 0.316. The van der Waals surface area contributed by atoms with E-state index in [-0.39, 0.29) is 24.6 Å². The van der Waals surface area contributed by atoms with Crippen LogP contribution >= 0.6 is 0 Å². The number of ether oxygens (including phenoxy) is 3. The molecular weight excluding hydrogens is 350 g/mol. The summed E-state index contributed by atoms with van der Waals surface area (Å²) in [6.07, 6.45) is 1.71. The first kappa shape index (κ1) is 18.7. The van der Waals surface area contributed by atoms with Crippen molar-refractivity contribution in [1.29, 1.82) is 0 Å². The number of fused-ring (bicyclic) bond motifs is 1. The van der Waals surface area contributed by atoms with E-state index < -0.39 is 11.9 Å². The van der Waals surface area contributed by atoms with E-state index in [1.165, 1.54) is 14.2 Å². The molecule has 1 aliphatic heterocycles. The van der Waals surface area contributed by atoms with Gasteiger partial charge in [-0.05, 0) is 24.3 Å². The number of hydrogen-bond donors (Lipinski definition) is 0. The second-order valence-corrected chi connectivity index (χ2v) is 6.11. The molecule has 0 bridgehead atoms. The number of carbonyl (C=O) groups is 2. The Kier molecular flexibility index (Phi) is 5.27. The monoisotopic (exact) mass is 371 g/mol. The summed E-state index contributed by atoms with van der Waals surface area (Å²) < 4.78 is 15.3. The van der Waals surface area contributed by atoms with Crippen molar-refractivity contribution in [1.82, 2.24) is 4.98 Å². The van der Waals surface area contributed by atoms with Crippen molar-refractivity contribution in [2.75, 3.05) is 51.5 Å². The predicted octanol–water partition coefficient (Wildman–Crippen LogP) is 1.69. The molecule has 0 unspecified atom stereocenters. The van der Waals surface area contributed by atoms with E-state index in [1.54, 1.807) is 11.1 Å². The van der Waals surface area contributed by atoms with Crippen LogP contribution in [0.25, 0.3) is 10.9 Å². The average molecular weight is 371 g/mol. The van der Waals surface area contributed by atoms with E-state index in [0.717, 1.165) is 16.6 Å². The highest BCUT2D eigenvalue weighted by molar-refractivity contribution is 6.07. The third kappa shape index (κ3) is 3.31. The molecule has 3 rings (SSSR count). The number of benzene rings is 1. The number of hydrogen-bond acceptors (Lipinski definition) is 8. The molecular formula is C19H21N3O5. The normalized spacial score (nSPS) is 14.3. The van der Waals surface area contributed by atoms with Gasteiger partial charge < -0.3 is 24.0 Å². The summed E-state index contributed by atoms with van der Waals surface area (Å²) in [4.78, 5) is 32.7. The van der Waals surface area contributed by atoms with Gasteiger partial charge in [0.1, 0.15) is 12.4 Å². The zero-order valence-corrected chi connectivity index (χ0v) is 15.7. The van der Waals surface area contributed by atoms with Gasteiger partial charge >= 0.3 is 11.9 Å². The molecule has 27 heavy (non-hydrogen) atoms. The van der Waals surface area contributed by atoms with Gasteiger partial charge in [-0.3, -0.25) is 4.98 Å². The zero-order chi connectivity index (χ0) is 19.6. The molecule has 1 aliphatic rings. The third-order valence-electron chi connectivity index (χ3n) is 4.33. The Bertz CT molecular complexity index is 923. The molecule has 0 saturated heterocycles. The number of carbonyl (C=O) groups excluding carboxylic acids is 2. The van der Waals surface area contributed by atoms with Gasteiger partial charge in [0.15, 0.2) is 0 Å². The van der Waals surface area contributed by atoms with Crippen LogP contribution < -0.4 is 9.80 Å². The number of rotatable bonds is 4. The van der Waals surface area contributed by atoms with Gasteiger partial charge in [0.05, 0.1) is 43.3 Å². The number of anilines is 2. The van der Waals surface area contributed by atoms with Crippen molar-refractivity contribution in [3.63, 3.8) is 0 Å². The van der Waals surface area contributed by atoms with Crippen molar-refractivity contribution in [3.8, 4) is 0 Å². The van der Waals surface area contributed by atoms with E-state index in [4.69, 9.17) is 14.2 Å². The number of esters is 2. The molecule has 142 valence electrons. The Morgan fingerprint density at radius 1 is 1.15 bits per heavy atom. The summed E-state index contributed by atoms with van der Waals surface area (Å²) >= 11 is 0. The van der Waals surface area contributed by atoms with Gasteiger partial charge in [0.25, 0.3) is 0 Å². The molecule has 0 saturated carbocycles. The lowest BCUT2D eigenvalue weighted by atomic mass is 10.1. The van der Waals surface area contributed by atoms with E-state index in [1.807, 2.05) is 43.3 Å². The molecule has 1 aromatic heterocycles. The fourth-order valence-electron chi connectivity index (χ4n) is 3.07. The lowest BCUT2D eigenvalue weighted by Gasteiger charge is -2.32. The van der Waals surface area contributed by atoms with Crippen LogP contribution in [-0.2, 0) is 23.8 Å². The number of methoxy groups -OCH3 is 2.